The van der Waals surface area contributed by atoms with Gasteiger partial charge < -0.3 is 10.4 Å². The van der Waals surface area contributed by atoms with Crippen LogP contribution in [0.4, 0.5) is 5.69 Å². The highest BCUT2D eigenvalue weighted by molar-refractivity contribution is 7.89. The summed E-state index contributed by atoms with van der Waals surface area (Å²) in [6.07, 6.45) is 3.94. The van der Waals surface area contributed by atoms with Gasteiger partial charge in [0.15, 0.2) is 0 Å². The Morgan fingerprint density at radius 2 is 1.76 bits per heavy atom. The van der Waals surface area contributed by atoms with Crippen molar-refractivity contribution >= 4 is 27.6 Å². The Hall–Kier alpha value is -1.93. The second kappa shape index (κ2) is 8.96. The van der Waals surface area contributed by atoms with Crippen LogP contribution in [0.5, 0.6) is 0 Å². The van der Waals surface area contributed by atoms with E-state index in [9.17, 15) is 18.0 Å². The molecule has 1 saturated heterocycles. The molecule has 1 aromatic carbocycles. The zero-order valence-electron chi connectivity index (χ0n) is 14.1. The molecule has 1 heterocycles. The number of nitrogens with zero attached hydrogens (tertiary/aromatic N) is 1. The number of piperidine rings is 1. The molecule has 1 aliphatic heterocycles. The average molecular weight is 368 g/mol. The minimum absolute atomic E-state index is 0.0385. The van der Waals surface area contributed by atoms with Gasteiger partial charge in [-0.25, -0.2) is 8.42 Å². The van der Waals surface area contributed by atoms with Crippen molar-refractivity contribution in [2.45, 2.75) is 49.8 Å². The van der Waals surface area contributed by atoms with Gasteiger partial charge >= 0.3 is 5.97 Å². The number of nitrogens with one attached hydrogen (secondary N) is 1. The lowest BCUT2D eigenvalue weighted by Gasteiger charge is -2.26. The quantitative estimate of drug-likeness (QED) is 0.686. The third kappa shape index (κ3) is 5.82. The van der Waals surface area contributed by atoms with Crippen LogP contribution in [0.1, 0.15) is 44.9 Å². The van der Waals surface area contributed by atoms with Crippen LogP contribution in [-0.4, -0.2) is 42.8 Å². The Kier molecular flexibility index (Phi) is 6.95. The molecule has 7 nitrogen and oxygen atoms in total. The maximum absolute atomic E-state index is 12.7. The van der Waals surface area contributed by atoms with Gasteiger partial charge in [0.25, 0.3) is 0 Å². The summed E-state index contributed by atoms with van der Waals surface area (Å²) in [4.78, 5) is 22.5. The Morgan fingerprint density at radius 1 is 1.08 bits per heavy atom. The molecule has 0 atom stereocenters. The maximum Gasteiger partial charge on any atom is 0.303 e. The van der Waals surface area contributed by atoms with Crippen molar-refractivity contribution in [3.63, 3.8) is 0 Å². The van der Waals surface area contributed by atoms with Crippen LogP contribution >= 0.6 is 0 Å². The SMILES string of the molecule is O=C(O)CCCCC(=O)Nc1cccc(S(=O)(=O)N2CCCCC2)c1. The van der Waals surface area contributed by atoms with Crippen molar-refractivity contribution in [3.05, 3.63) is 24.3 Å². The zero-order chi connectivity index (χ0) is 18.3. The summed E-state index contributed by atoms with van der Waals surface area (Å²) in [5, 5.41) is 11.2. The van der Waals surface area contributed by atoms with Crippen molar-refractivity contribution in [2.75, 3.05) is 18.4 Å². The zero-order valence-corrected chi connectivity index (χ0v) is 14.9. The van der Waals surface area contributed by atoms with Gasteiger partial charge in [0.05, 0.1) is 4.90 Å². The Morgan fingerprint density at radius 3 is 2.44 bits per heavy atom. The smallest absolute Gasteiger partial charge is 0.303 e. The molecular weight excluding hydrogens is 344 g/mol. The molecule has 0 bridgehead atoms. The van der Waals surface area contributed by atoms with Crippen LogP contribution in [0.25, 0.3) is 0 Å². The van der Waals surface area contributed by atoms with Crippen molar-refractivity contribution in [3.8, 4) is 0 Å². The summed E-state index contributed by atoms with van der Waals surface area (Å²) in [6.45, 7) is 1.06. The summed E-state index contributed by atoms with van der Waals surface area (Å²) in [5.41, 5.74) is 0.432. The lowest BCUT2D eigenvalue weighted by molar-refractivity contribution is -0.137. The molecule has 1 fully saturated rings. The minimum atomic E-state index is -3.53. The molecular formula is C17H24N2O5S. The standard InChI is InChI=1S/C17H24N2O5S/c20-16(9-2-3-10-17(21)22)18-14-7-6-8-15(13-14)25(23,24)19-11-4-1-5-12-19/h6-8,13H,1-5,9-12H2,(H,18,20)(H,21,22). The van der Waals surface area contributed by atoms with Gasteiger partial charge in [-0.1, -0.05) is 12.5 Å². The molecule has 0 aliphatic carbocycles. The highest BCUT2D eigenvalue weighted by Crippen LogP contribution is 2.23. The van der Waals surface area contributed by atoms with E-state index in [0.29, 0.717) is 31.6 Å². The second-order valence-corrected chi connectivity index (χ2v) is 8.08. The number of hydrogen-bond donors (Lipinski definition) is 2. The van der Waals surface area contributed by atoms with Crippen LogP contribution in [0.15, 0.2) is 29.2 Å². The predicted octanol–water partition coefficient (Wildman–Crippen LogP) is 2.44. The molecule has 8 heteroatoms. The molecule has 0 unspecified atom stereocenters. The first-order valence-corrected chi connectivity index (χ1v) is 9.95. The number of aliphatic carboxylic acids is 1. The summed E-state index contributed by atoms with van der Waals surface area (Å²) in [7, 11) is -3.53. The average Bonchev–Trinajstić information content (AvgIpc) is 2.59. The number of anilines is 1. The monoisotopic (exact) mass is 368 g/mol. The number of amides is 1. The molecule has 138 valence electrons. The van der Waals surface area contributed by atoms with E-state index in [0.717, 1.165) is 19.3 Å². The van der Waals surface area contributed by atoms with Gasteiger partial charge in [-0.05, 0) is 43.9 Å². The van der Waals surface area contributed by atoms with E-state index >= 15 is 0 Å². The molecule has 0 aromatic heterocycles. The van der Waals surface area contributed by atoms with Crippen LogP contribution in [-0.2, 0) is 19.6 Å². The molecule has 1 aromatic rings. The molecule has 2 rings (SSSR count). The van der Waals surface area contributed by atoms with Gasteiger partial charge in [-0.2, -0.15) is 4.31 Å². The van der Waals surface area contributed by atoms with E-state index in [1.54, 1.807) is 12.1 Å². The first kappa shape index (κ1) is 19.4. The molecule has 0 saturated carbocycles. The number of sulfonamides is 1. The fourth-order valence-corrected chi connectivity index (χ4v) is 4.34. The molecule has 25 heavy (non-hydrogen) atoms. The van der Waals surface area contributed by atoms with Gasteiger partial charge in [0, 0.05) is 31.6 Å². The van der Waals surface area contributed by atoms with E-state index in [1.165, 1.54) is 16.4 Å². The van der Waals surface area contributed by atoms with Crippen LogP contribution in [0, 0.1) is 0 Å². The number of rotatable bonds is 8. The lowest BCUT2D eigenvalue weighted by atomic mass is 10.2. The second-order valence-electron chi connectivity index (χ2n) is 6.14. The molecule has 1 amide bonds. The Labute approximate surface area is 148 Å². The molecule has 2 N–H and O–H groups in total. The number of carboxylic acid groups (broad SMARTS) is 1. The number of unbranched alkanes of at least 4 members (excludes halogenated alkanes) is 1. The van der Waals surface area contributed by atoms with Crippen molar-refractivity contribution in [2.24, 2.45) is 0 Å². The van der Waals surface area contributed by atoms with Crippen molar-refractivity contribution < 1.29 is 23.1 Å². The van der Waals surface area contributed by atoms with Gasteiger partial charge in [0.2, 0.25) is 15.9 Å². The Balaban J connectivity index is 1.96. The number of benzene rings is 1. The normalized spacial score (nSPS) is 15.7. The lowest BCUT2D eigenvalue weighted by Crippen LogP contribution is -2.35. The number of carbonyl (C=O) groups is 2. The Bertz CT molecular complexity index is 712. The first-order chi connectivity index (χ1) is 11.9. The summed E-state index contributed by atoms with van der Waals surface area (Å²) in [5.74, 6) is -1.13. The largest absolute Gasteiger partial charge is 0.481 e. The highest BCUT2D eigenvalue weighted by atomic mass is 32.2. The fourth-order valence-electron chi connectivity index (χ4n) is 2.77. The number of hydrogen-bond acceptors (Lipinski definition) is 4. The van der Waals surface area contributed by atoms with E-state index in [2.05, 4.69) is 5.32 Å². The number of carbonyl (C=O) groups excluding carboxylic acids is 1. The summed E-state index contributed by atoms with van der Waals surface area (Å²) < 4.78 is 26.8. The molecule has 1 aliphatic rings. The summed E-state index contributed by atoms with van der Waals surface area (Å²) >= 11 is 0. The van der Waals surface area contributed by atoms with Crippen molar-refractivity contribution in [1.29, 1.82) is 0 Å². The van der Waals surface area contributed by atoms with Crippen LogP contribution in [0.3, 0.4) is 0 Å². The highest BCUT2D eigenvalue weighted by Gasteiger charge is 2.26. The van der Waals surface area contributed by atoms with E-state index in [1.807, 2.05) is 0 Å². The van der Waals surface area contributed by atoms with Crippen LogP contribution in [0.2, 0.25) is 0 Å². The van der Waals surface area contributed by atoms with E-state index in [4.69, 9.17) is 5.11 Å². The molecule has 0 radical (unpaired) electrons. The van der Waals surface area contributed by atoms with Crippen LogP contribution < -0.4 is 5.32 Å². The third-order valence-electron chi connectivity index (χ3n) is 4.12. The maximum atomic E-state index is 12.7. The number of carboxylic acids is 1. The van der Waals surface area contributed by atoms with E-state index < -0.39 is 16.0 Å². The fraction of sp³-hybridized carbons (Fsp3) is 0.529. The third-order valence-corrected chi connectivity index (χ3v) is 6.01. The first-order valence-electron chi connectivity index (χ1n) is 8.51. The minimum Gasteiger partial charge on any atom is -0.481 e. The van der Waals surface area contributed by atoms with Crippen molar-refractivity contribution in [1.82, 2.24) is 4.31 Å². The molecule has 0 spiro atoms. The van der Waals surface area contributed by atoms with Gasteiger partial charge in [-0.15, -0.1) is 0 Å². The predicted molar refractivity (Wildman–Crippen MR) is 93.8 cm³/mol. The van der Waals surface area contributed by atoms with Gasteiger partial charge in [-0.3, -0.25) is 9.59 Å². The van der Waals surface area contributed by atoms with E-state index in [-0.39, 0.29) is 23.6 Å². The topological polar surface area (TPSA) is 104 Å². The van der Waals surface area contributed by atoms with Gasteiger partial charge in [0.1, 0.15) is 0 Å². The summed E-state index contributed by atoms with van der Waals surface area (Å²) in [6, 6.07) is 6.26.